The number of nitrogens with zero attached hydrogens (tertiary/aromatic N) is 2. The first-order valence-corrected chi connectivity index (χ1v) is 14.6. The summed E-state index contributed by atoms with van der Waals surface area (Å²) in [5, 5.41) is 5.57. The predicted molar refractivity (Wildman–Crippen MR) is 165 cm³/mol. The number of nitrogens with one attached hydrogen (secondary N) is 2. The van der Waals surface area contributed by atoms with Crippen molar-refractivity contribution < 1.29 is 32.3 Å². The summed E-state index contributed by atoms with van der Waals surface area (Å²) < 4.78 is 46.0. The molecule has 2 N–H and O–H groups in total. The minimum Gasteiger partial charge on any atom is -0.444 e. The number of benzene rings is 2. The van der Waals surface area contributed by atoms with Gasteiger partial charge in [0.25, 0.3) is 5.91 Å². The zero-order valence-electron chi connectivity index (χ0n) is 25.9. The summed E-state index contributed by atoms with van der Waals surface area (Å²) in [6, 6.07) is 13.2. The van der Waals surface area contributed by atoms with E-state index in [2.05, 4.69) is 15.6 Å². The van der Waals surface area contributed by atoms with E-state index in [1.54, 1.807) is 68.3 Å². The normalized spacial score (nSPS) is 14.3. The smallest absolute Gasteiger partial charge is 0.416 e. The Morgan fingerprint density at radius 1 is 1.02 bits per heavy atom. The zero-order chi connectivity index (χ0) is 32.9. The molecule has 1 aromatic heterocycles. The van der Waals surface area contributed by atoms with Crippen molar-refractivity contribution in [3.63, 3.8) is 0 Å². The van der Waals surface area contributed by atoms with E-state index in [1.165, 1.54) is 13.0 Å². The van der Waals surface area contributed by atoms with E-state index in [1.807, 2.05) is 13.0 Å². The van der Waals surface area contributed by atoms with E-state index >= 15 is 0 Å². The molecule has 3 aromatic rings. The lowest BCUT2D eigenvalue weighted by Gasteiger charge is -2.25. The molecule has 238 valence electrons. The number of carbonyl (C=O) groups excluding carboxylic acids is 3. The molecule has 3 amide bonds. The highest BCUT2D eigenvalue weighted by atomic mass is 19.4. The van der Waals surface area contributed by atoms with Gasteiger partial charge in [-0.1, -0.05) is 36.4 Å². The lowest BCUT2D eigenvalue weighted by molar-refractivity contribution is -0.137. The number of hydrogen-bond donors (Lipinski definition) is 2. The van der Waals surface area contributed by atoms with E-state index in [-0.39, 0.29) is 18.4 Å². The molecule has 1 aliphatic rings. The van der Waals surface area contributed by atoms with Crippen molar-refractivity contribution >= 4 is 23.5 Å². The molecule has 0 unspecified atom stereocenters. The molecule has 0 fully saturated rings. The minimum absolute atomic E-state index is 0.0129. The van der Waals surface area contributed by atoms with E-state index in [9.17, 15) is 27.6 Å². The first-order valence-electron chi connectivity index (χ1n) is 14.6. The van der Waals surface area contributed by atoms with Crippen molar-refractivity contribution in [2.45, 2.75) is 65.4 Å². The van der Waals surface area contributed by atoms with Gasteiger partial charge in [0.2, 0.25) is 5.91 Å². The maximum Gasteiger partial charge on any atom is 0.416 e. The second-order valence-corrected chi connectivity index (χ2v) is 11.9. The van der Waals surface area contributed by atoms with Crippen LogP contribution in [0.5, 0.6) is 0 Å². The third kappa shape index (κ3) is 8.93. The van der Waals surface area contributed by atoms with Crippen molar-refractivity contribution in [1.82, 2.24) is 20.5 Å². The number of hydrogen-bond acceptors (Lipinski definition) is 5. The monoisotopic (exact) mass is 622 g/mol. The molecule has 1 aliphatic heterocycles. The van der Waals surface area contributed by atoms with E-state index in [0.29, 0.717) is 47.5 Å². The highest BCUT2D eigenvalue weighted by Crippen LogP contribution is 2.34. The van der Waals surface area contributed by atoms with Gasteiger partial charge in [-0.2, -0.15) is 13.2 Å². The van der Waals surface area contributed by atoms with Gasteiger partial charge >= 0.3 is 12.3 Å². The second-order valence-electron chi connectivity index (χ2n) is 11.9. The molecule has 0 saturated heterocycles. The van der Waals surface area contributed by atoms with Crippen molar-refractivity contribution in [2.24, 2.45) is 0 Å². The highest BCUT2D eigenvalue weighted by molar-refractivity contribution is 5.95. The van der Waals surface area contributed by atoms with Crippen LogP contribution in [0.4, 0.5) is 18.0 Å². The Bertz CT molecular complexity index is 1590. The summed E-state index contributed by atoms with van der Waals surface area (Å²) in [6.07, 6.45) is -1.05. The summed E-state index contributed by atoms with van der Waals surface area (Å²) in [5.74, 6) is -0.288. The van der Waals surface area contributed by atoms with E-state index < -0.39 is 29.5 Å². The molecule has 0 aliphatic carbocycles. The fourth-order valence-corrected chi connectivity index (χ4v) is 4.91. The average Bonchev–Trinajstić information content (AvgIpc) is 2.98. The molecule has 8 nitrogen and oxygen atoms in total. The first-order chi connectivity index (χ1) is 21.1. The van der Waals surface area contributed by atoms with Crippen LogP contribution in [-0.2, 0) is 22.3 Å². The maximum absolute atomic E-state index is 13.6. The van der Waals surface area contributed by atoms with Crippen LogP contribution in [0.3, 0.4) is 0 Å². The molecule has 4 rings (SSSR count). The van der Waals surface area contributed by atoms with Crippen LogP contribution in [0.1, 0.15) is 79.8 Å². The van der Waals surface area contributed by atoms with Gasteiger partial charge in [0.05, 0.1) is 17.3 Å². The molecule has 0 bridgehead atoms. The van der Waals surface area contributed by atoms with Gasteiger partial charge in [-0.25, -0.2) is 4.79 Å². The highest BCUT2D eigenvalue weighted by Gasteiger charge is 2.31. The summed E-state index contributed by atoms with van der Waals surface area (Å²) >= 11 is 0. The predicted octanol–water partition coefficient (Wildman–Crippen LogP) is 6.92. The average molecular weight is 623 g/mol. The van der Waals surface area contributed by atoms with E-state index in [0.717, 1.165) is 23.3 Å². The first kappa shape index (κ1) is 33.2. The number of amides is 3. The molecule has 2 aromatic carbocycles. The topological polar surface area (TPSA) is 101 Å². The Morgan fingerprint density at radius 3 is 2.33 bits per heavy atom. The molecular weight excluding hydrogens is 585 g/mol. The minimum atomic E-state index is -4.54. The number of rotatable bonds is 7. The Labute approximate surface area is 260 Å². The fraction of sp³-hybridized carbons (Fsp3) is 0.353. The van der Waals surface area contributed by atoms with Gasteiger partial charge in [-0.3, -0.25) is 14.6 Å². The van der Waals surface area contributed by atoms with Gasteiger partial charge in [0, 0.05) is 38.3 Å². The Balaban J connectivity index is 1.48. The van der Waals surface area contributed by atoms with Gasteiger partial charge in [-0.05, 0) is 86.2 Å². The maximum atomic E-state index is 13.6. The Hall–Kier alpha value is -4.67. The molecule has 2 heterocycles. The van der Waals surface area contributed by atoms with E-state index in [4.69, 9.17) is 4.74 Å². The van der Waals surface area contributed by atoms with Crippen molar-refractivity contribution in [3.8, 4) is 11.1 Å². The molecule has 0 spiro atoms. The van der Waals surface area contributed by atoms with Gasteiger partial charge in [0.1, 0.15) is 5.60 Å². The van der Waals surface area contributed by atoms with Crippen molar-refractivity contribution in [3.05, 3.63) is 94.8 Å². The summed E-state index contributed by atoms with van der Waals surface area (Å²) in [6.45, 7) is 9.56. The van der Waals surface area contributed by atoms with Crippen molar-refractivity contribution in [2.75, 3.05) is 13.1 Å². The number of alkyl carbamates (subject to hydrolysis) is 1. The lowest BCUT2D eigenvalue weighted by atomic mass is 9.95. The van der Waals surface area contributed by atoms with Gasteiger partial charge in [0.15, 0.2) is 0 Å². The summed E-state index contributed by atoms with van der Waals surface area (Å²) in [4.78, 5) is 43.1. The van der Waals surface area contributed by atoms with Crippen LogP contribution in [0, 0.1) is 0 Å². The van der Waals surface area contributed by atoms with Crippen LogP contribution in [-0.4, -0.2) is 46.5 Å². The molecule has 1 atom stereocenters. The molecular formula is C34H37F3N4O4. The standard InChI is InChI=1S/C34H37F3N4O4/c1-21(40-31(43)26-12-15-38-30(18-26)25-13-16-41(17-14-25)22(2)42)23-6-8-24(9-7-23)29-19-28(34(35,36)37)11-10-27(29)20-39-32(44)45-33(3,4)5/h6-13,15,18-19,21H,14,16-17,20H2,1-5H3,(H,39,44)(H,40,43)/t21-/m1/s1. The van der Waals surface area contributed by atoms with Gasteiger partial charge in [-0.15, -0.1) is 0 Å². The molecule has 45 heavy (non-hydrogen) atoms. The van der Waals surface area contributed by atoms with Crippen LogP contribution < -0.4 is 10.6 Å². The van der Waals surface area contributed by atoms with Crippen molar-refractivity contribution in [1.29, 1.82) is 0 Å². The second kappa shape index (κ2) is 13.5. The zero-order valence-corrected chi connectivity index (χ0v) is 25.9. The third-order valence-electron chi connectivity index (χ3n) is 7.33. The quantitative estimate of drug-likeness (QED) is 0.298. The number of halogens is 3. The lowest BCUT2D eigenvalue weighted by Crippen LogP contribution is -2.32. The number of ether oxygens (including phenoxy) is 1. The number of aromatic nitrogens is 1. The summed E-state index contributed by atoms with van der Waals surface area (Å²) in [7, 11) is 0. The van der Waals surface area contributed by atoms with Crippen LogP contribution in [0.2, 0.25) is 0 Å². The SMILES string of the molecule is CC(=O)N1CC=C(c2cc(C(=O)N[C@H](C)c3ccc(-c4cc(C(F)(F)F)ccc4CNC(=O)OC(C)(C)C)cc3)ccn2)CC1. The molecule has 0 saturated carbocycles. The van der Waals surface area contributed by atoms with Crippen LogP contribution in [0.15, 0.2) is 66.9 Å². The largest absolute Gasteiger partial charge is 0.444 e. The number of pyridine rings is 1. The third-order valence-corrected chi connectivity index (χ3v) is 7.33. The van der Waals surface area contributed by atoms with Gasteiger partial charge < -0.3 is 20.3 Å². The van der Waals surface area contributed by atoms with Crippen LogP contribution in [0.25, 0.3) is 16.7 Å². The fourth-order valence-electron chi connectivity index (χ4n) is 4.91. The Morgan fingerprint density at radius 2 is 1.73 bits per heavy atom. The van der Waals surface area contributed by atoms with Crippen LogP contribution >= 0.6 is 0 Å². The molecule has 0 radical (unpaired) electrons. The number of carbonyl (C=O) groups is 3. The Kier molecular flexibility index (Phi) is 10.00. The summed E-state index contributed by atoms with van der Waals surface area (Å²) in [5.41, 5.74) is 2.64. The number of alkyl halides is 3. The molecule has 11 heteroatoms.